The number of amidine groups is 1. The minimum atomic E-state index is 0.229. The Bertz CT molecular complexity index is 1060. The maximum absolute atomic E-state index is 6.17. The van der Waals surface area contributed by atoms with Gasteiger partial charge in [0.25, 0.3) is 0 Å². The highest BCUT2D eigenvalue weighted by atomic mass is 35.5. The van der Waals surface area contributed by atoms with Crippen LogP contribution in [0.3, 0.4) is 0 Å². The summed E-state index contributed by atoms with van der Waals surface area (Å²) in [5.74, 6) is 1.85. The highest BCUT2D eigenvalue weighted by Gasteiger charge is 2.10. The normalized spacial score (nSPS) is 11.6. The van der Waals surface area contributed by atoms with Crippen molar-refractivity contribution in [1.82, 2.24) is 0 Å². The third-order valence-electron chi connectivity index (χ3n) is 4.19. The van der Waals surface area contributed by atoms with Crippen molar-refractivity contribution in [3.8, 4) is 11.5 Å². The molecule has 0 saturated heterocycles. The monoisotopic (exact) mass is 473 g/mol. The number of hydrogen-bond donors (Lipinski definition) is 1. The smallest absolute Gasteiger partial charge is 0.180 e. The topological polar surface area (TPSA) is 69.2 Å². The summed E-state index contributed by atoms with van der Waals surface area (Å²) in [6.07, 6.45) is 1.63. The van der Waals surface area contributed by atoms with Gasteiger partial charge in [-0.1, -0.05) is 71.4 Å². The maximum Gasteiger partial charge on any atom is 0.180 e. The second kappa shape index (κ2) is 11.6. The van der Waals surface area contributed by atoms with E-state index in [4.69, 9.17) is 38.4 Å². The van der Waals surface area contributed by atoms with Gasteiger partial charge in [0.1, 0.15) is 12.4 Å². The Balaban J connectivity index is 1.65. The summed E-state index contributed by atoms with van der Waals surface area (Å²) < 4.78 is 11.3. The van der Waals surface area contributed by atoms with E-state index in [0.29, 0.717) is 26.7 Å². The molecule has 160 valence electrons. The number of para-hydroxylation sites is 1. The number of rotatable bonds is 8. The maximum atomic E-state index is 6.17. The minimum absolute atomic E-state index is 0.229. The number of ether oxygens (including phenoxy) is 2. The van der Waals surface area contributed by atoms with Gasteiger partial charge in [-0.2, -0.15) is 5.10 Å². The standard InChI is InChI=1S/C23H21Cl2N3O2S/c1-29-21-11-10-17(12-18(21)14-30-22-19(24)8-5-9-20(22)25)13-27-28-23(26)31-15-16-6-3-2-4-7-16/h2-13H,14-15H2,1H3,(H2,26,28). The van der Waals surface area contributed by atoms with E-state index in [9.17, 15) is 0 Å². The van der Waals surface area contributed by atoms with Gasteiger partial charge in [0, 0.05) is 11.3 Å². The van der Waals surface area contributed by atoms with Gasteiger partial charge in [0.05, 0.1) is 23.4 Å². The molecule has 0 aliphatic rings. The Morgan fingerprint density at radius 3 is 2.48 bits per heavy atom. The molecule has 0 atom stereocenters. The van der Waals surface area contributed by atoms with Gasteiger partial charge in [-0.25, -0.2) is 0 Å². The first-order valence-corrected chi connectivity index (χ1v) is 11.1. The molecule has 0 aliphatic carbocycles. The third kappa shape index (κ3) is 6.92. The number of nitrogens with two attached hydrogens (primary N) is 1. The van der Waals surface area contributed by atoms with Crippen molar-refractivity contribution in [2.24, 2.45) is 15.9 Å². The lowest BCUT2D eigenvalue weighted by molar-refractivity contribution is 0.297. The van der Waals surface area contributed by atoms with Gasteiger partial charge >= 0.3 is 0 Å². The van der Waals surface area contributed by atoms with E-state index < -0.39 is 0 Å². The summed E-state index contributed by atoms with van der Waals surface area (Å²) in [6, 6.07) is 20.9. The van der Waals surface area contributed by atoms with Crippen molar-refractivity contribution in [1.29, 1.82) is 0 Å². The number of nitrogens with zero attached hydrogens (tertiary/aromatic N) is 2. The van der Waals surface area contributed by atoms with Crippen LogP contribution in [0.15, 0.2) is 76.9 Å². The lowest BCUT2D eigenvalue weighted by Crippen LogP contribution is -2.06. The molecule has 3 rings (SSSR count). The first-order valence-electron chi connectivity index (χ1n) is 9.33. The molecule has 0 radical (unpaired) electrons. The molecule has 0 unspecified atom stereocenters. The largest absolute Gasteiger partial charge is 0.496 e. The summed E-state index contributed by atoms with van der Waals surface area (Å²) in [5.41, 5.74) is 8.76. The van der Waals surface area contributed by atoms with Crippen LogP contribution >= 0.6 is 35.0 Å². The predicted molar refractivity (Wildman–Crippen MR) is 131 cm³/mol. The molecular formula is C23H21Cl2N3O2S. The van der Waals surface area contributed by atoms with Crippen LogP contribution in [-0.4, -0.2) is 18.5 Å². The fraction of sp³-hybridized carbons (Fsp3) is 0.130. The van der Waals surface area contributed by atoms with Crippen LogP contribution in [0.4, 0.5) is 0 Å². The first-order chi connectivity index (χ1) is 15.1. The molecular weight excluding hydrogens is 453 g/mol. The molecule has 0 spiro atoms. The summed E-state index contributed by atoms with van der Waals surface area (Å²) in [6.45, 7) is 0.229. The zero-order chi connectivity index (χ0) is 22.1. The molecule has 0 fully saturated rings. The van der Waals surface area contributed by atoms with Crippen molar-refractivity contribution in [2.75, 3.05) is 7.11 Å². The lowest BCUT2D eigenvalue weighted by atomic mass is 10.1. The molecule has 0 aromatic heterocycles. The molecule has 0 saturated carbocycles. The van der Waals surface area contributed by atoms with Gasteiger partial charge in [-0.05, 0) is 41.5 Å². The molecule has 3 aromatic rings. The summed E-state index contributed by atoms with van der Waals surface area (Å²) in [5, 5.41) is 9.43. The number of benzene rings is 3. The van der Waals surface area contributed by atoms with E-state index in [0.717, 1.165) is 16.9 Å². The number of thioether (sulfide) groups is 1. The van der Waals surface area contributed by atoms with Crippen LogP contribution in [-0.2, 0) is 12.4 Å². The second-order valence-electron chi connectivity index (χ2n) is 6.37. The molecule has 5 nitrogen and oxygen atoms in total. The average Bonchev–Trinajstić information content (AvgIpc) is 2.78. The average molecular weight is 474 g/mol. The van der Waals surface area contributed by atoms with Crippen molar-refractivity contribution in [3.63, 3.8) is 0 Å². The summed E-state index contributed by atoms with van der Waals surface area (Å²) in [7, 11) is 1.60. The first kappa shape index (κ1) is 23.0. The van der Waals surface area contributed by atoms with Crippen LogP contribution in [0, 0.1) is 0 Å². The van der Waals surface area contributed by atoms with Crippen molar-refractivity contribution in [2.45, 2.75) is 12.4 Å². The predicted octanol–water partition coefficient (Wildman–Crippen LogP) is 6.16. The second-order valence-corrected chi connectivity index (χ2v) is 8.18. The highest BCUT2D eigenvalue weighted by Crippen LogP contribution is 2.33. The molecule has 0 bridgehead atoms. The Labute approximate surface area is 195 Å². The molecule has 0 amide bonds. The van der Waals surface area contributed by atoms with E-state index in [1.165, 1.54) is 17.3 Å². The van der Waals surface area contributed by atoms with E-state index in [-0.39, 0.29) is 6.61 Å². The zero-order valence-corrected chi connectivity index (χ0v) is 19.1. The Morgan fingerprint density at radius 1 is 1.03 bits per heavy atom. The van der Waals surface area contributed by atoms with Crippen molar-refractivity contribution in [3.05, 3.63) is 93.5 Å². The van der Waals surface area contributed by atoms with E-state index in [1.54, 1.807) is 31.5 Å². The fourth-order valence-corrected chi connectivity index (χ4v) is 3.79. The fourth-order valence-electron chi connectivity index (χ4n) is 2.67. The van der Waals surface area contributed by atoms with Crippen molar-refractivity contribution < 1.29 is 9.47 Å². The van der Waals surface area contributed by atoms with E-state index in [1.807, 2.05) is 48.5 Å². The molecule has 2 N–H and O–H groups in total. The van der Waals surface area contributed by atoms with Crippen LogP contribution < -0.4 is 15.2 Å². The lowest BCUT2D eigenvalue weighted by Gasteiger charge is -2.13. The van der Waals surface area contributed by atoms with Gasteiger partial charge in [-0.15, -0.1) is 5.10 Å². The molecule has 8 heteroatoms. The van der Waals surface area contributed by atoms with E-state index >= 15 is 0 Å². The Kier molecular flexibility index (Phi) is 8.64. The minimum Gasteiger partial charge on any atom is -0.496 e. The zero-order valence-electron chi connectivity index (χ0n) is 16.8. The van der Waals surface area contributed by atoms with Crippen LogP contribution in [0.1, 0.15) is 16.7 Å². The number of halogens is 2. The van der Waals surface area contributed by atoms with Crippen LogP contribution in [0.5, 0.6) is 11.5 Å². The SMILES string of the molecule is COc1ccc(C=NN=C(N)SCc2ccccc2)cc1COc1c(Cl)cccc1Cl. The van der Waals surface area contributed by atoms with Crippen LogP contribution in [0.25, 0.3) is 0 Å². The van der Waals surface area contributed by atoms with Gasteiger partial charge in [-0.3, -0.25) is 0 Å². The van der Waals surface area contributed by atoms with Gasteiger partial charge in [0.15, 0.2) is 10.9 Å². The quantitative estimate of drug-likeness (QED) is 0.241. The Hall–Kier alpha value is -2.67. The van der Waals surface area contributed by atoms with Gasteiger partial charge < -0.3 is 15.2 Å². The summed E-state index contributed by atoms with van der Waals surface area (Å²) >= 11 is 13.8. The highest BCUT2D eigenvalue weighted by molar-refractivity contribution is 8.13. The van der Waals surface area contributed by atoms with Crippen molar-refractivity contribution >= 4 is 46.3 Å². The molecule has 31 heavy (non-hydrogen) atoms. The third-order valence-corrected chi connectivity index (χ3v) is 5.64. The van der Waals surface area contributed by atoms with E-state index in [2.05, 4.69) is 10.2 Å². The molecule has 0 aliphatic heterocycles. The van der Waals surface area contributed by atoms with Crippen LogP contribution in [0.2, 0.25) is 10.0 Å². The summed E-state index contributed by atoms with van der Waals surface area (Å²) in [4.78, 5) is 0. The Morgan fingerprint density at radius 2 is 1.77 bits per heavy atom. The number of hydrogen-bond acceptors (Lipinski definition) is 5. The molecule has 0 heterocycles. The number of methoxy groups -OCH3 is 1. The van der Waals surface area contributed by atoms with Gasteiger partial charge in [0.2, 0.25) is 0 Å². The molecule has 3 aromatic carbocycles.